The quantitative estimate of drug-likeness (QED) is 0.165. The first-order valence-electron chi connectivity index (χ1n) is 20.5. The van der Waals surface area contributed by atoms with Crippen molar-refractivity contribution in [3.63, 3.8) is 0 Å². The van der Waals surface area contributed by atoms with Crippen molar-refractivity contribution < 1.29 is 0 Å². The molecular weight excluding hydrogens is 701 g/mol. The van der Waals surface area contributed by atoms with Gasteiger partial charge in [-0.15, -0.1) is 0 Å². The molecule has 1 aliphatic heterocycles. The highest BCUT2D eigenvalue weighted by Crippen LogP contribution is 2.54. The highest BCUT2D eigenvalue weighted by Gasteiger charge is 2.43. The van der Waals surface area contributed by atoms with Crippen LogP contribution >= 0.6 is 0 Å². The van der Waals surface area contributed by atoms with Crippen LogP contribution in [0.25, 0.3) is 67.2 Å². The second-order valence-corrected chi connectivity index (χ2v) is 14.9. The fourth-order valence-electron chi connectivity index (χ4n) is 9.17. The maximum atomic E-state index is 2.56. The summed E-state index contributed by atoms with van der Waals surface area (Å²) in [5.74, 6) is 0.186. The average molecular weight is 745 g/mol. The molecule has 278 valence electrons. The van der Waals surface area contributed by atoms with Gasteiger partial charge in [-0.05, 0) is 104 Å². The number of benzene rings is 8. The molecule has 0 radical (unpaired) electrons. The van der Waals surface area contributed by atoms with Gasteiger partial charge < -0.3 is 9.47 Å². The Labute approximate surface area is 341 Å². The van der Waals surface area contributed by atoms with E-state index in [1.807, 2.05) is 13.8 Å². The van der Waals surface area contributed by atoms with Gasteiger partial charge in [0.15, 0.2) is 0 Å². The van der Waals surface area contributed by atoms with Gasteiger partial charge in [0.25, 0.3) is 0 Å². The largest absolute Gasteiger partial charge is 0.333 e. The highest BCUT2D eigenvalue weighted by molar-refractivity contribution is 5.94. The number of rotatable bonds is 6. The summed E-state index contributed by atoms with van der Waals surface area (Å²) in [6, 6.07) is 75.3. The first-order valence-corrected chi connectivity index (χ1v) is 20.5. The van der Waals surface area contributed by atoms with Crippen molar-refractivity contribution in [2.75, 3.05) is 4.90 Å². The summed E-state index contributed by atoms with van der Waals surface area (Å²) in [5.41, 5.74) is 18.7. The summed E-state index contributed by atoms with van der Waals surface area (Å²) < 4.78 is 2.46. The molecule has 0 N–H and O–H groups in total. The Morgan fingerprint density at radius 3 is 1.59 bits per heavy atom. The zero-order chi connectivity index (χ0) is 39.0. The highest BCUT2D eigenvalue weighted by atomic mass is 15.2. The number of anilines is 2. The minimum atomic E-state index is 0.147. The van der Waals surface area contributed by atoms with E-state index in [4.69, 9.17) is 0 Å². The molecule has 0 fully saturated rings. The Morgan fingerprint density at radius 1 is 0.397 bits per heavy atom. The first-order chi connectivity index (χ1) is 28.8. The maximum absolute atomic E-state index is 2.56. The minimum Gasteiger partial charge on any atom is -0.333 e. The van der Waals surface area contributed by atoms with Gasteiger partial charge in [-0.1, -0.05) is 184 Å². The van der Waals surface area contributed by atoms with Gasteiger partial charge >= 0.3 is 0 Å². The molecule has 2 nitrogen and oxygen atoms in total. The van der Waals surface area contributed by atoms with E-state index in [-0.39, 0.29) is 12.0 Å². The Kier molecular flexibility index (Phi) is 9.16. The van der Waals surface area contributed by atoms with Gasteiger partial charge in [0.2, 0.25) is 0 Å². The normalized spacial score (nSPS) is 15.0. The van der Waals surface area contributed by atoms with Gasteiger partial charge in [-0.25, -0.2) is 0 Å². The van der Waals surface area contributed by atoms with Crippen LogP contribution in [0.15, 0.2) is 212 Å². The summed E-state index contributed by atoms with van der Waals surface area (Å²) in [6.07, 6.45) is 4.81. The molecule has 0 spiro atoms. The number of hydrogen-bond donors (Lipinski definition) is 0. The van der Waals surface area contributed by atoms with Crippen molar-refractivity contribution in [1.29, 1.82) is 0 Å². The number of hydrogen-bond acceptors (Lipinski definition) is 1. The Hall–Kier alpha value is -7.16. The van der Waals surface area contributed by atoms with Crippen molar-refractivity contribution in [2.24, 2.45) is 0 Å². The topological polar surface area (TPSA) is 8.17 Å². The van der Waals surface area contributed by atoms with Crippen LogP contribution in [-0.2, 0) is 0 Å². The van der Waals surface area contributed by atoms with E-state index in [9.17, 15) is 0 Å². The molecule has 2 aliphatic rings. The van der Waals surface area contributed by atoms with Crippen LogP contribution in [0.3, 0.4) is 0 Å². The monoisotopic (exact) mass is 744 g/mol. The molecule has 11 rings (SSSR count). The van der Waals surface area contributed by atoms with Crippen molar-refractivity contribution in [1.82, 2.24) is 4.57 Å². The Bertz CT molecular complexity index is 2900. The van der Waals surface area contributed by atoms with Crippen LogP contribution in [0.1, 0.15) is 36.6 Å². The predicted molar refractivity (Wildman–Crippen MR) is 246 cm³/mol. The molecule has 2 atom stereocenters. The van der Waals surface area contributed by atoms with E-state index in [0.29, 0.717) is 0 Å². The van der Waals surface area contributed by atoms with Crippen molar-refractivity contribution in [3.05, 3.63) is 229 Å². The van der Waals surface area contributed by atoms with E-state index in [1.165, 1.54) is 89.3 Å². The van der Waals surface area contributed by atoms with E-state index >= 15 is 0 Å². The first kappa shape index (κ1) is 35.3. The van der Waals surface area contributed by atoms with Crippen molar-refractivity contribution in [2.45, 2.75) is 25.8 Å². The third kappa shape index (κ3) is 6.06. The summed E-state index contributed by atoms with van der Waals surface area (Å²) in [4.78, 5) is 2.56. The SMILES string of the molecule is C1=CC2C(c3ccccc3N2c2cccc(-c3ccc(-c4ccccc4)cc3)c2)c2c1n(-c1ccc(-c3cccc(-c4ccccc4)c3)cc1)c1ccccc21.CC. The number of fused-ring (bicyclic) bond motifs is 7. The average Bonchev–Trinajstić information content (AvgIpc) is 3.83. The third-order valence-corrected chi connectivity index (χ3v) is 11.8. The standard InChI is InChI=1S/C54H38N2.C2H6/c1-3-13-37(14-4-1)39-25-27-40(28-26-39)44-19-12-20-46(36-44)56-50-24-10-8-22-48(50)54-52(56)34-33-51-53(54)47-21-7-9-23-49(47)55(51)45-31-29-41(30-32-45)43-18-11-17-42(35-43)38-15-5-2-6-16-38;1-2/h1-36,52,54H;1-2H3. The van der Waals surface area contributed by atoms with Crippen LogP contribution in [0.4, 0.5) is 11.4 Å². The molecule has 0 saturated carbocycles. The Balaban J connectivity index is 0.00000201. The molecule has 2 unspecified atom stereocenters. The molecule has 1 aliphatic carbocycles. The van der Waals surface area contributed by atoms with Gasteiger partial charge in [0.1, 0.15) is 0 Å². The molecule has 58 heavy (non-hydrogen) atoms. The molecule has 2 heterocycles. The molecular formula is C56H44N2. The minimum absolute atomic E-state index is 0.147. The lowest BCUT2D eigenvalue weighted by Gasteiger charge is -2.31. The molecule has 0 saturated heterocycles. The van der Waals surface area contributed by atoms with E-state index < -0.39 is 0 Å². The maximum Gasteiger partial charge on any atom is 0.0637 e. The van der Waals surface area contributed by atoms with Crippen LogP contribution in [-0.4, -0.2) is 10.6 Å². The van der Waals surface area contributed by atoms with Crippen molar-refractivity contribution >= 4 is 28.4 Å². The lowest BCUT2D eigenvalue weighted by atomic mass is 9.82. The van der Waals surface area contributed by atoms with Gasteiger partial charge in [-0.2, -0.15) is 0 Å². The molecule has 9 aromatic rings. The second-order valence-electron chi connectivity index (χ2n) is 14.9. The predicted octanol–water partition coefficient (Wildman–Crippen LogP) is 15.0. The van der Waals surface area contributed by atoms with E-state index in [0.717, 1.165) is 0 Å². The second kappa shape index (κ2) is 15.1. The summed E-state index contributed by atoms with van der Waals surface area (Å²) >= 11 is 0. The molecule has 0 bridgehead atoms. The fraction of sp³-hybridized carbons (Fsp3) is 0.0714. The summed E-state index contributed by atoms with van der Waals surface area (Å²) in [7, 11) is 0. The molecule has 1 aromatic heterocycles. The number of aromatic nitrogens is 1. The third-order valence-electron chi connectivity index (χ3n) is 11.8. The number of nitrogens with zero attached hydrogens (tertiary/aromatic N) is 2. The zero-order valence-corrected chi connectivity index (χ0v) is 32.8. The molecule has 2 heteroatoms. The summed E-state index contributed by atoms with van der Waals surface area (Å²) in [6.45, 7) is 4.00. The van der Waals surface area contributed by atoms with Crippen LogP contribution in [0.2, 0.25) is 0 Å². The van der Waals surface area contributed by atoms with Crippen LogP contribution in [0.5, 0.6) is 0 Å². The van der Waals surface area contributed by atoms with Gasteiger partial charge in [0, 0.05) is 28.4 Å². The molecule has 0 amide bonds. The smallest absolute Gasteiger partial charge is 0.0637 e. The van der Waals surface area contributed by atoms with E-state index in [1.54, 1.807) is 0 Å². The molecule has 8 aromatic carbocycles. The Morgan fingerprint density at radius 2 is 0.897 bits per heavy atom. The van der Waals surface area contributed by atoms with Crippen molar-refractivity contribution in [3.8, 4) is 50.2 Å². The fourth-order valence-corrected chi connectivity index (χ4v) is 9.17. The van der Waals surface area contributed by atoms with Crippen LogP contribution < -0.4 is 4.90 Å². The lowest BCUT2D eigenvalue weighted by molar-refractivity contribution is 0.725. The van der Waals surface area contributed by atoms with E-state index in [2.05, 4.69) is 228 Å². The van der Waals surface area contributed by atoms with Gasteiger partial charge in [0.05, 0.1) is 17.3 Å². The number of para-hydroxylation sites is 2. The zero-order valence-electron chi connectivity index (χ0n) is 32.8. The summed E-state index contributed by atoms with van der Waals surface area (Å²) in [5, 5.41) is 1.31. The van der Waals surface area contributed by atoms with Crippen LogP contribution in [0, 0.1) is 0 Å². The lowest BCUT2D eigenvalue weighted by Crippen LogP contribution is -2.30. The van der Waals surface area contributed by atoms with Gasteiger partial charge in [-0.3, -0.25) is 0 Å².